The molecule has 0 aliphatic carbocycles. The van der Waals surface area contributed by atoms with Crippen molar-refractivity contribution in [3.63, 3.8) is 0 Å². The first kappa shape index (κ1) is 16.7. The van der Waals surface area contributed by atoms with E-state index in [-0.39, 0.29) is 0 Å². The third-order valence-electron chi connectivity index (χ3n) is 3.81. The largest absolute Gasteiger partial charge is 0.497 e. The Morgan fingerprint density at radius 2 is 1.76 bits per heavy atom. The van der Waals surface area contributed by atoms with Crippen LogP contribution in [0.4, 0.5) is 5.69 Å². The van der Waals surface area contributed by atoms with E-state index < -0.39 is 0 Å². The number of anilines is 1. The second-order valence-corrected chi connectivity index (χ2v) is 5.53. The van der Waals surface area contributed by atoms with Gasteiger partial charge in [0.2, 0.25) is 0 Å². The van der Waals surface area contributed by atoms with Crippen molar-refractivity contribution in [2.45, 2.75) is 6.92 Å². The summed E-state index contributed by atoms with van der Waals surface area (Å²) in [5, 5.41) is 5.80. The maximum atomic E-state index is 6.13. The van der Waals surface area contributed by atoms with Gasteiger partial charge in [-0.25, -0.2) is 5.84 Å². The molecular formula is C20H20N4O. The Bertz CT molecular complexity index is 878. The van der Waals surface area contributed by atoms with Crippen LogP contribution in [0.1, 0.15) is 12.6 Å². The zero-order valence-electron chi connectivity index (χ0n) is 14.3. The van der Waals surface area contributed by atoms with Gasteiger partial charge < -0.3 is 4.74 Å². The van der Waals surface area contributed by atoms with Gasteiger partial charge in [0.15, 0.2) is 0 Å². The lowest BCUT2D eigenvalue weighted by Gasteiger charge is -2.15. The highest BCUT2D eigenvalue weighted by Gasteiger charge is 2.06. The number of hydrazone groups is 1. The van der Waals surface area contributed by atoms with Gasteiger partial charge in [-0.1, -0.05) is 30.3 Å². The van der Waals surface area contributed by atoms with E-state index in [0.29, 0.717) is 0 Å². The highest BCUT2D eigenvalue weighted by Crippen LogP contribution is 2.26. The maximum Gasteiger partial charge on any atom is 0.119 e. The van der Waals surface area contributed by atoms with E-state index in [1.807, 2.05) is 73.7 Å². The van der Waals surface area contributed by atoms with Gasteiger partial charge >= 0.3 is 0 Å². The Kier molecular flexibility index (Phi) is 5.06. The Labute approximate surface area is 147 Å². The highest BCUT2D eigenvalue weighted by molar-refractivity contribution is 5.97. The van der Waals surface area contributed by atoms with E-state index in [1.165, 1.54) is 5.12 Å². The van der Waals surface area contributed by atoms with Crippen LogP contribution in [0, 0.1) is 0 Å². The van der Waals surface area contributed by atoms with Crippen molar-refractivity contribution in [2.24, 2.45) is 10.9 Å². The number of methoxy groups -OCH3 is 1. The van der Waals surface area contributed by atoms with Crippen molar-refractivity contribution in [3.05, 3.63) is 78.6 Å². The Hall–Kier alpha value is -3.18. The fraction of sp³-hybridized carbons (Fsp3) is 0.100. The fourth-order valence-electron chi connectivity index (χ4n) is 2.48. The second-order valence-electron chi connectivity index (χ2n) is 5.53. The van der Waals surface area contributed by atoms with E-state index in [4.69, 9.17) is 10.6 Å². The number of hydrazine groups is 1. The number of aromatic nitrogens is 1. The molecular weight excluding hydrogens is 312 g/mol. The van der Waals surface area contributed by atoms with Gasteiger partial charge in [-0.15, -0.1) is 0 Å². The molecule has 5 nitrogen and oxygen atoms in total. The molecule has 0 bridgehead atoms. The topological polar surface area (TPSA) is 63.7 Å². The molecule has 0 fully saturated rings. The monoisotopic (exact) mass is 332 g/mol. The van der Waals surface area contributed by atoms with Gasteiger partial charge in [-0.2, -0.15) is 10.2 Å². The lowest BCUT2D eigenvalue weighted by molar-refractivity contribution is 0.415. The molecule has 0 aliphatic rings. The average molecular weight is 332 g/mol. The van der Waals surface area contributed by atoms with Crippen molar-refractivity contribution in [1.82, 2.24) is 4.98 Å². The smallest absolute Gasteiger partial charge is 0.119 e. The number of nitrogens with two attached hydrogens (primary N) is 1. The van der Waals surface area contributed by atoms with Crippen LogP contribution in [0.3, 0.4) is 0 Å². The number of rotatable bonds is 5. The van der Waals surface area contributed by atoms with E-state index in [9.17, 15) is 0 Å². The van der Waals surface area contributed by atoms with Crippen molar-refractivity contribution in [1.29, 1.82) is 0 Å². The Balaban J connectivity index is 1.88. The lowest BCUT2D eigenvalue weighted by atomic mass is 10.0. The predicted octanol–water partition coefficient (Wildman–Crippen LogP) is 3.86. The zero-order valence-corrected chi connectivity index (χ0v) is 14.3. The van der Waals surface area contributed by atoms with Crippen LogP contribution in [-0.4, -0.2) is 17.8 Å². The van der Waals surface area contributed by atoms with Crippen molar-refractivity contribution >= 4 is 11.4 Å². The molecule has 3 aromatic rings. The van der Waals surface area contributed by atoms with Crippen LogP contribution in [0.15, 0.2) is 78.0 Å². The molecule has 25 heavy (non-hydrogen) atoms. The first-order valence-electron chi connectivity index (χ1n) is 7.93. The molecule has 0 aliphatic heterocycles. The lowest BCUT2D eigenvalue weighted by Crippen LogP contribution is -2.26. The molecule has 2 N–H and O–H groups in total. The average Bonchev–Trinajstić information content (AvgIpc) is 2.68. The summed E-state index contributed by atoms with van der Waals surface area (Å²) in [7, 11) is 1.66. The van der Waals surface area contributed by atoms with Gasteiger partial charge in [-0.05, 0) is 54.4 Å². The Morgan fingerprint density at radius 3 is 2.48 bits per heavy atom. The third-order valence-corrected chi connectivity index (χ3v) is 3.81. The normalized spacial score (nSPS) is 11.2. The summed E-state index contributed by atoms with van der Waals surface area (Å²) in [5.74, 6) is 6.95. The number of benzene rings is 2. The molecule has 126 valence electrons. The van der Waals surface area contributed by atoms with Gasteiger partial charge in [0.05, 0.1) is 24.2 Å². The molecule has 0 saturated carbocycles. The third kappa shape index (κ3) is 4.02. The predicted molar refractivity (Wildman–Crippen MR) is 102 cm³/mol. The minimum Gasteiger partial charge on any atom is -0.497 e. The van der Waals surface area contributed by atoms with Crippen LogP contribution in [0.2, 0.25) is 0 Å². The summed E-state index contributed by atoms with van der Waals surface area (Å²) in [6.07, 6.45) is 1.73. The van der Waals surface area contributed by atoms with Crippen LogP contribution < -0.4 is 15.7 Å². The quantitative estimate of drug-likeness (QED) is 0.438. The molecule has 1 aromatic heterocycles. The molecule has 0 radical (unpaired) electrons. The summed E-state index contributed by atoms with van der Waals surface area (Å²) in [6.45, 7) is 1.88. The van der Waals surface area contributed by atoms with Crippen molar-refractivity contribution in [3.8, 4) is 16.9 Å². The van der Waals surface area contributed by atoms with Crippen LogP contribution in [0.25, 0.3) is 11.1 Å². The summed E-state index contributed by atoms with van der Waals surface area (Å²) >= 11 is 0. The molecule has 0 atom stereocenters. The van der Waals surface area contributed by atoms with Crippen molar-refractivity contribution in [2.75, 3.05) is 12.2 Å². The molecule has 3 rings (SSSR count). The minimum absolute atomic E-state index is 0.745. The molecule has 0 unspecified atom stereocenters. The number of ether oxygens (including phenoxy) is 1. The number of hydrogen-bond acceptors (Lipinski definition) is 5. The second kappa shape index (κ2) is 7.59. The molecule has 0 saturated heterocycles. The molecule has 2 aromatic carbocycles. The van der Waals surface area contributed by atoms with E-state index in [0.717, 1.165) is 34.0 Å². The first-order valence-corrected chi connectivity index (χ1v) is 7.93. The minimum atomic E-state index is 0.745. The SMILES string of the molecule is COc1cccc(-c2cccc(N(N)/N=C(\C)c3ccccn3)c2)c1. The fourth-order valence-corrected chi connectivity index (χ4v) is 2.48. The molecule has 0 amide bonds. The van der Waals surface area contributed by atoms with Crippen LogP contribution >= 0.6 is 0 Å². The van der Waals surface area contributed by atoms with Crippen LogP contribution in [0.5, 0.6) is 5.75 Å². The summed E-state index contributed by atoms with van der Waals surface area (Å²) in [6, 6.07) is 21.5. The first-order chi connectivity index (χ1) is 12.2. The maximum absolute atomic E-state index is 6.13. The standard InChI is InChI=1S/C20H20N4O/c1-15(20-11-3-4-12-22-20)23-24(21)18-9-5-7-16(13-18)17-8-6-10-19(14-17)25-2/h3-14H,21H2,1-2H3/b23-15+. The zero-order chi connectivity index (χ0) is 17.6. The summed E-state index contributed by atoms with van der Waals surface area (Å²) in [4.78, 5) is 4.28. The Morgan fingerprint density at radius 1 is 1.00 bits per heavy atom. The van der Waals surface area contributed by atoms with Gasteiger partial charge in [-0.3, -0.25) is 4.98 Å². The number of pyridine rings is 1. The van der Waals surface area contributed by atoms with Gasteiger partial charge in [0, 0.05) is 6.20 Å². The molecule has 5 heteroatoms. The van der Waals surface area contributed by atoms with E-state index in [2.05, 4.69) is 10.1 Å². The highest BCUT2D eigenvalue weighted by atomic mass is 16.5. The van der Waals surface area contributed by atoms with Crippen LogP contribution in [-0.2, 0) is 0 Å². The summed E-state index contributed by atoms with van der Waals surface area (Å²) in [5.41, 5.74) is 4.42. The van der Waals surface area contributed by atoms with E-state index >= 15 is 0 Å². The van der Waals surface area contributed by atoms with Gasteiger partial charge in [0.1, 0.15) is 5.75 Å². The van der Waals surface area contributed by atoms with Gasteiger partial charge in [0.25, 0.3) is 0 Å². The number of nitrogens with zero attached hydrogens (tertiary/aromatic N) is 3. The number of hydrogen-bond donors (Lipinski definition) is 1. The van der Waals surface area contributed by atoms with E-state index in [1.54, 1.807) is 13.3 Å². The summed E-state index contributed by atoms with van der Waals surface area (Å²) < 4.78 is 5.29. The van der Waals surface area contributed by atoms with Crippen molar-refractivity contribution < 1.29 is 4.74 Å². The molecule has 0 spiro atoms. The molecule has 1 heterocycles.